The third kappa shape index (κ3) is 2.72. The number of benzene rings is 1. The zero-order valence-electron chi connectivity index (χ0n) is 13.1. The molecule has 22 heavy (non-hydrogen) atoms. The monoisotopic (exact) mass is 310 g/mol. The number of aryl methyl sites for hydroxylation is 4. The lowest BCUT2D eigenvalue weighted by atomic mass is 10.1. The quantitative estimate of drug-likeness (QED) is 0.577. The molecule has 3 rings (SSSR count). The Morgan fingerprint density at radius 1 is 1.14 bits per heavy atom. The van der Waals surface area contributed by atoms with E-state index >= 15 is 0 Å². The Kier molecular flexibility index (Phi) is 3.90. The number of hydrogen-bond donors (Lipinski definition) is 1. The number of fused-ring (bicyclic) bond motifs is 1. The Morgan fingerprint density at radius 3 is 2.77 bits per heavy atom. The minimum Gasteiger partial charge on any atom is -0.261 e. The SMILES string of the molecule is Cc1ccc(C)c(C=NNc2ncnc3sc(C)c(C)c23)c1. The van der Waals surface area contributed by atoms with Gasteiger partial charge in [0.25, 0.3) is 0 Å². The Morgan fingerprint density at radius 2 is 1.95 bits per heavy atom. The van der Waals surface area contributed by atoms with Crippen molar-refractivity contribution in [1.29, 1.82) is 0 Å². The number of hydrazone groups is 1. The van der Waals surface area contributed by atoms with Crippen LogP contribution in [0.25, 0.3) is 10.2 Å². The summed E-state index contributed by atoms with van der Waals surface area (Å²) >= 11 is 1.68. The van der Waals surface area contributed by atoms with Crippen molar-refractivity contribution in [1.82, 2.24) is 9.97 Å². The van der Waals surface area contributed by atoms with Crippen LogP contribution in [0.4, 0.5) is 5.82 Å². The molecule has 0 atom stereocenters. The average molecular weight is 310 g/mol. The van der Waals surface area contributed by atoms with Crippen LogP contribution in [-0.4, -0.2) is 16.2 Å². The van der Waals surface area contributed by atoms with Gasteiger partial charge < -0.3 is 0 Å². The van der Waals surface area contributed by atoms with Crippen molar-refractivity contribution in [3.8, 4) is 0 Å². The predicted molar refractivity (Wildman–Crippen MR) is 94.0 cm³/mol. The number of hydrogen-bond acceptors (Lipinski definition) is 5. The number of nitrogens with zero attached hydrogens (tertiary/aromatic N) is 3. The van der Waals surface area contributed by atoms with Gasteiger partial charge in [0.2, 0.25) is 0 Å². The summed E-state index contributed by atoms with van der Waals surface area (Å²) in [6, 6.07) is 6.33. The molecule has 0 aliphatic rings. The van der Waals surface area contributed by atoms with Crippen molar-refractivity contribution in [3.05, 3.63) is 51.7 Å². The lowest BCUT2D eigenvalue weighted by molar-refractivity contribution is 1.19. The standard InChI is InChI=1S/C17H18N4S/c1-10-5-6-11(2)14(7-10)8-20-21-16-15-12(3)13(4)22-17(15)19-9-18-16/h5-9H,1-4H3,(H,18,19,21). The number of anilines is 1. The molecule has 112 valence electrons. The minimum absolute atomic E-state index is 0.758. The first kappa shape index (κ1) is 14.7. The highest BCUT2D eigenvalue weighted by molar-refractivity contribution is 7.18. The summed E-state index contributed by atoms with van der Waals surface area (Å²) in [6.45, 7) is 8.35. The number of rotatable bonds is 3. The van der Waals surface area contributed by atoms with E-state index in [1.54, 1.807) is 17.7 Å². The van der Waals surface area contributed by atoms with Gasteiger partial charge in [-0.3, -0.25) is 5.43 Å². The van der Waals surface area contributed by atoms with Crippen LogP contribution in [0.5, 0.6) is 0 Å². The highest BCUT2D eigenvalue weighted by Crippen LogP contribution is 2.32. The lowest BCUT2D eigenvalue weighted by Crippen LogP contribution is -1.96. The van der Waals surface area contributed by atoms with Gasteiger partial charge >= 0.3 is 0 Å². The van der Waals surface area contributed by atoms with Crippen LogP contribution < -0.4 is 5.43 Å². The van der Waals surface area contributed by atoms with Crippen LogP contribution in [0.15, 0.2) is 29.6 Å². The van der Waals surface area contributed by atoms with Gasteiger partial charge in [-0.2, -0.15) is 5.10 Å². The minimum atomic E-state index is 0.758. The van der Waals surface area contributed by atoms with Crippen molar-refractivity contribution in [2.24, 2.45) is 5.10 Å². The molecule has 1 N–H and O–H groups in total. The summed E-state index contributed by atoms with van der Waals surface area (Å²) in [4.78, 5) is 10.9. The van der Waals surface area contributed by atoms with E-state index in [1.807, 2.05) is 6.21 Å². The van der Waals surface area contributed by atoms with E-state index in [-0.39, 0.29) is 0 Å². The third-order valence-corrected chi connectivity index (χ3v) is 4.89. The Balaban J connectivity index is 1.91. The van der Waals surface area contributed by atoms with E-state index in [2.05, 4.69) is 66.4 Å². The van der Waals surface area contributed by atoms with E-state index in [0.717, 1.165) is 21.6 Å². The molecule has 2 heterocycles. The van der Waals surface area contributed by atoms with E-state index in [1.165, 1.54) is 21.6 Å². The fourth-order valence-electron chi connectivity index (χ4n) is 2.33. The summed E-state index contributed by atoms with van der Waals surface area (Å²) in [7, 11) is 0. The Hall–Kier alpha value is -2.27. The maximum atomic E-state index is 4.35. The van der Waals surface area contributed by atoms with Crippen molar-refractivity contribution < 1.29 is 0 Å². The largest absolute Gasteiger partial charge is 0.261 e. The first-order valence-electron chi connectivity index (χ1n) is 7.13. The molecule has 0 saturated carbocycles. The molecule has 1 aromatic carbocycles. The molecule has 5 heteroatoms. The van der Waals surface area contributed by atoms with Gasteiger partial charge in [-0.25, -0.2) is 9.97 Å². The van der Waals surface area contributed by atoms with Gasteiger partial charge in [0.05, 0.1) is 11.6 Å². The molecule has 0 radical (unpaired) electrons. The molecule has 2 aromatic heterocycles. The van der Waals surface area contributed by atoms with E-state index in [0.29, 0.717) is 0 Å². The number of thiophene rings is 1. The molecule has 0 aliphatic carbocycles. The van der Waals surface area contributed by atoms with Crippen molar-refractivity contribution >= 4 is 33.6 Å². The van der Waals surface area contributed by atoms with Crippen LogP contribution in [-0.2, 0) is 0 Å². The van der Waals surface area contributed by atoms with Gasteiger partial charge in [-0.15, -0.1) is 11.3 Å². The molecule has 3 aromatic rings. The molecule has 0 bridgehead atoms. The van der Waals surface area contributed by atoms with Crippen molar-refractivity contribution in [2.45, 2.75) is 27.7 Å². The van der Waals surface area contributed by atoms with Gasteiger partial charge in [0.15, 0.2) is 5.82 Å². The smallest absolute Gasteiger partial charge is 0.158 e. The van der Waals surface area contributed by atoms with Crippen LogP contribution in [0.2, 0.25) is 0 Å². The van der Waals surface area contributed by atoms with Crippen LogP contribution >= 0.6 is 11.3 Å². The molecule has 0 unspecified atom stereocenters. The fraction of sp³-hybridized carbons (Fsp3) is 0.235. The second kappa shape index (κ2) is 5.85. The molecule has 0 amide bonds. The maximum Gasteiger partial charge on any atom is 0.158 e. The van der Waals surface area contributed by atoms with E-state index < -0.39 is 0 Å². The first-order valence-corrected chi connectivity index (χ1v) is 7.95. The molecular weight excluding hydrogens is 292 g/mol. The number of aromatic nitrogens is 2. The summed E-state index contributed by atoms with van der Waals surface area (Å²) < 4.78 is 0. The van der Waals surface area contributed by atoms with Gasteiger partial charge in [0, 0.05) is 4.88 Å². The highest BCUT2D eigenvalue weighted by Gasteiger charge is 2.11. The van der Waals surface area contributed by atoms with Crippen molar-refractivity contribution in [3.63, 3.8) is 0 Å². The normalized spacial score (nSPS) is 11.5. The second-order valence-electron chi connectivity index (χ2n) is 5.42. The molecular formula is C17H18N4S. The first-order chi connectivity index (χ1) is 10.6. The summed E-state index contributed by atoms with van der Waals surface area (Å²) in [6.07, 6.45) is 3.41. The predicted octanol–water partition coefficient (Wildman–Crippen LogP) is 4.37. The Labute approximate surface area is 133 Å². The molecule has 4 nitrogen and oxygen atoms in total. The molecule has 0 fully saturated rings. The molecule has 0 aliphatic heterocycles. The number of nitrogens with one attached hydrogen (secondary N) is 1. The Bertz CT molecular complexity index is 864. The van der Waals surface area contributed by atoms with Gasteiger partial charge in [-0.05, 0) is 44.4 Å². The van der Waals surface area contributed by atoms with Crippen molar-refractivity contribution in [2.75, 3.05) is 5.43 Å². The maximum absolute atomic E-state index is 4.35. The average Bonchev–Trinajstić information content (AvgIpc) is 2.79. The fourth-order valence-corrected chi connectivity index (χ4v) is 3.33. The molecule has 0 spiro atoms. The van der Waals surface area contributed by atoms with Gasteiger partial charge in [-0.1, -0.05) is 23.8 Å². The van der Waals surface area contributed by atoms with E-state index in [4.69, 9.17) is 0 Å². The van der Waals surface area contributed by atoms with E-state index in [9.17, 15) is 0 Å². The summed E-state index contributed by atoms with van der Waals surface area (Å²) in [5.74, 6) is 0.758. The zero-order valence-corrected chi connectivity index (χ0v) is 14.0. The molecule has 0 saturated heterocycles. The topological polar surface area (TPSA) is 50.2 Å². The summed E-state index contributed by atoms with van der Waals surface area (Å²) in [5, 5.41) is 5.41. The lowest BCUT2D eigenvalue weighted by Gasteiger charge is -2.03. The van der Waals surface area contributed by atoms with Crippen LogP contribution in [0, 0.1) is 27.7 Å². The zero-order chi connectivity index (χ0) is 15.7. The second-order valence-corrected chi connectivity index (χ2v) is 6.62. The van der Waals surface area contributed by atoms with Gasteiger partial charge in [0.1, 0.15) is 11.2 Å². The highest BCUT2D eigenvalue weighted by atomic mass is 32.1. The van der Waals surface area contributed by atoms with Crippen LogP contribution in [0.3, 0.4) is 0 Å². The van der Waals surface area contributed by atoms with Crippen LogP contribution in [0.1, 0.15) is 27.1 Å². The third-order valence-electron chi connectivity index (χ3n) is 3.77. The summed E-state index contributed by atoms with van der Waals surface area (Å²) in [5.41, 5.74) is 7.81.